The lowest BCUT2D eigenvalue weighted by Crippen LogP contribution is -2.29. The lowest BCUT2D eigenvalue weighted by atomic mass is 10.2. The molecule has 15 heavy (non-hydrogen) atoms. The Hall–Kier alpha value is -1.32. The van der Waals surface area contributed by atoms with Crippen LogP contribution in [0.4, 0.5) is 0 Å². The summed E-state index contributed by atoms with van der Waals surface area (Å²) in [4.78, 5) is 9.10. The van der Waals surface area contributed by atoms with Crippen molar-refractivity contribution in [1.82, 2.24) is 9.66 Å². The maximum atomic E-state index is 4.59. The molecule has 0 fully saturated rings. The molecule has 0 bridgehead atoms. The molecule has 4 nitrogen and oxygen atoms in total. The topological polar surface area (TPSA) is 42.2 Å². The highest BCUT2D eigenvalue weighted by molar-refractivity contribution is 5.88. The van der Waals surface area contributed by atoms with Gasteiger partial charge in [0.15, 0.2) is 0 Å². The summed E-state index contributed by atoms with van der Waals surface area (Å²) in [6.45, 7) is 8.33. The fraction of sp³-hybridized carbons (Fsp3) is 0.636. The highest BCUT2D eigenvalue weighted by Gasteiger charge is 2.22. The number of hydrogen-bond acceptors (Lipinski definition) is 3. The van der Waals surface area contributed by atoms with E-state index in [1.165, 1.54) is 5.69 Å². The van der Waals surface area contributed by atoms with Crippen LogP contribution < -0.4 is 5.43 Å². The van der Waals surface area contributed by atoms with Crippen LogP contribution in [0.15, 0.2) is 4.99 Å². The monoisotopic (exact) mass is 206 g/mol. The van der Waals surface area contributed by atoms with E-state index in [4.69, 9.17) is 0 Å². The minimum Gasteiger partial charge on any atom is -0.280 e. The maximum absolute atomic E-state index is 4.59. The van der Waals surface area contributed by atoms with Crippen molar-refractivity contribution in [2.45, 2.75) is 46.6 Å². The summed E-state index contributed by atoms with van der Waals surface area (Å²) in [6.07, 6.45) is 2.12. The van der Waals surface area contributed by atoms with Crippen molar-refractivity contribution in [3.05, 3.63) is 17.2 Å². The zero-order chi connectivity index (χ0) is 11.0. The standard InChI is InChI=1S/C11H18N4/c1-5-6-10-13-8(3)11-7(2)12-9(4)14-15(10)11/h7H,5-6H2,1-4H3,(H,12,14). The van der Waals surface area contributed by atoms with E-state index < -0.39 is 0 Å². The predicted octanol–water partition coefficient (Wildman–Crippen LogP) is 2.18. The van der Waals surface area contributed by atoms with E-state index in [1.54, 1.807) is 0 Å². The van der Waals surface area contributed by atoms with Gasteiger partial charge in [-0.15, -0.1) is 0 Å². The number of rotatable bonds is 2. The van der Waals surface area contributed by atoms with Crippen molar-refractivity contribution in [2.24, 2.45) is 4.99 Å². The highest BCUT2D eigenvalue weighted by atomic mass is 15.5. The minimum atomic E-state index is 0.212. The molecule has 0 aliphatic carbocycles. The Labute approximate surface area is 90.4 Å². The maximum Gasteiger partial charge on any atom is 0.128 e. The van der Waals surface area contributed by atoms with Gasteiger partial charge >= 0.3 is 0 Å². The molecule has 0 saturated heterocycles. The number of aliphatic imine (C=N–C) groups is 1. The zero-order valence-corrected chi connectivity index (χ0v) is 9.83. The quantitative estimate of drug-likeness (QED) is 0.806. The number of amidine groups is 1. The van der Waals surface area contributed by atoms with E-state index in [0.717, 1.165) is 30.2 Å². The molecule has 0 amide bonds. The molecule has 1 aliphatic rings. The average Bonchev–Trinajstić information content (AvgIpc) is 2.43. The van der Waals surface area contributed by atoms with Crippen LogP contribution in [-0.4, -0.2) is 15.5 Å². The Kier molecular flexibility index (Phi) is 2.50. The summed E-state index contributed by atoms with van der Waals surface area (Å²) in [7, 11) is 0. The van der Waals surface area contributed by atoms with Crippen LogP contribution in [0, 0.1) is 6.92 Å². The number of nitrogens with zero attached hydrogens (tertiary/aromatic N) is 3. The first kappa shape index (κ1) is 10.2. The van der Waals surface area contributed by atoms with Gasteiger partial charge < -0.3 is 0 Å². The van der Waals surface area contributed by atoms with Crippen LogP contribution in [0.5, 0.6) is 0 Å². The van der Waals surface area contributed by atoms with Gasteiger partial charge in [-0.3, -0.25) is 10.4 Å². The Morgan fingerprint density at radius 2 is 2.13 bits per heavy atom. The summed E-state index contributed by atoms with van der Waals surface area (Å²) in [5, 5.41) is 0. The second-order valence-electron chi connectivity index (χ2n) is 4.09. The fourth-order valence-corrected chi connectivity index (χ4v) is 2.15. The Bertz CT molecular complexity index is 403. The molecule has 1 aromatic rings. The number of nitrogens with one attached hydrogen (secondary N) is 1. The minimum absolute atomic E-state index is 0.212. The Balaban J connectivity index is 2.46. The third-order valence-electron chi connectivity index (χ3n) is 2.70. The van der Waals surface area contributed by atoms with Gasteiger partial charge in [-0.1, -0.05) is 6.92 Å². The van der Waals surface area contributed by atoms with Gasteiger partial charge in [-0.05, 0) is 27.2 Å². The molecule has 0 saturated carbocycles. The molecule has 1 aliphatic heterocycles. The van der Waals surface area contributed by atoms with Gasteiger partial charge in [0, 0.05) is 6.42 Å². The van der Waals surface area contributed by atoms with Gasteiger partial charge in [0.1, 0.15) is 11.7 Å². The predicted molar refractivity (Wildman–Crippen MR) is 61.8 cm³/mol. The first-order valence-electron chi connectivity index (χ1n) is 5.53. The first-order valence-corrected chi connectivity index (χ1v) is 5.53. The average molecular weight is 206 g/mol. The van der Waals surface area contributed by atoms with Crippen LogP contribution in [-0.2, 0) is 6.42 Å². The van der Waals surface area contributed by atoms with Crippen molar-refractivity contribution in [2.75, 3.05) is 5.43 Å². The molecular formula is C11H18N4. The molecule has 2 rings (SSSR count). The van der Waals surface area contributed by atoms with Crippen LogP contribution in [0.3, 0.4) is 0 Å². The van der Waals surface area contributed by atoms with Gasteiger partial charge in [0.05, 0.1) is 17.4 Å². The van der Waals surface area contributed by atoms with Gasteiger partial charge in [0.2, 0.25) is 0 Å². The second-order valence-corrected chi connectivity index (χ2v) is 4.09. The smallest absolute Gasteiger partial charge is 0.128 e. The second kappa shape index (κ2) is 3.68. The lowest BCUT2D eigenvalue weighted by Gasteiger charge is -2.22. The van der Waals surface area contributed by atoms with Crippen molar-refractivity contribution < 1.29 is 0 Å². The van der Waals surface area contributed by atoms with Crippen molar-refractivity contribution in [3.63, 3.8) is 0 Å². The molecule has 1 N–H and O–H groups in total. The number of imidazole rings is 1. The van der Waals surface area contributed by atoms with Crippen LogP contribution in [0.25, 0.3) is 0 Å². The zero-order valence-electron chi connectivity index (χ0n) is 9.83. The number of aromatic nitrogens is 2. The van der Waals surface area contributed by atoms with Crippen molar-refractivity contribution >= 4 is 5.84 Å². The number of hydrogen-bond donors (Lipinski definition) is 1. The molecular weight excluding hydrogens is 188 g/mol. The normalized spacial score (nSPS) is 19.5. The fourth-order valence-electron chi connectivity index (χ4n) is 2.15. The van der Waals surface area contributed by atoms with Crippen LogP contribution >= 0.6 is 0 Å². The van der Waals surface area contributed by atoms with Crippen molar-refractivity contribution in [3.8, 4) is 0 Å². The first-order chi connectivity index (χ1) is 7.13. The lowest BCUT2D eigenvalue weighted by molar-refractivity contribution is 0.671. The Morgan fingerprint density at radius 1 is 1.40 bits per heavy atom. The molecule has 1 aromatic heterocycles. The highest BCUT2D eigenvalue weighted by Crippen LogP contribution is 2.24. The molecule has 82 valence electrons. The molecule has 1 atom stereocenters. The summed E-state index contributed by atoms with van der Waals surface area (Å²) >= 11 is 0. The van der Waals surface area contributed by atoms with Gasteiger partial charge in [0.25, 0.3) is 0 Å². The third kappa shape index (κ3) is 1.64. The number of aryl methyl sites for hydroxylation is 2. The van der Waals surface area contributed by atoms with Crippen molar-refractivity contribution in [1.29, 1.82) is 0 Å². The molecule has 4 heteroatoms. The van der Waals surface area contributed by atoms with E-state index in [-0.39, 0.29) is 6.04 Å². The van der Waals surface area contributed by atoms with Crippen LogP contribution in [0.2, 0.25) is 0 Å². The molecule has 0 radical (unpaired) electrons. The summed E-state index contributed by atoms with van der Waals surface area (Å²) in [6, 6.07) is 0.212. The molecule has 0 aromatic carbocycles. The SMILES string of the molecule is CCCc1nc(C)c2n1NC(C)=NC2C. The number of fused-ring (bicyclic) bond motifs is 1. The van der Waals surface area contributed by atoms with E-state index in [2.05, 4.69) is 40.8 Å². The van der Waals surface area contributed by atoms with Gasteiger partial charge in [-0.2, -0.15) is 0 Å². The summed E-state index contributed by atoms with van der Waals surface area (Å²) < 4.78 is 2.10. The van der Waals surface area contributed by atoms with E-state index in [1.807, 2.05) is 6.92 Å². The van der Waals surface area contributed by atoms with E-state index in [0.29, 0.717) is 0 Å². The molecule has 1 unspecified atom stereocenters. The van der Waals surface area contributed by atoms with Crippen LogP contribution in [0.1, 0.15) is 50.4 Å². The summed E-state index contributed by atoms with van der Waals surface area (Å²) in [5.41, 5.74) is 5.56. The largest absolute Gasteiger partial charge is 0.280 e. The summed E-state index contributed by atoms with van der Waals surface area (Å²) in [5.74, 6) is 2.08. The Morgan fingerprint density at radius 3 is 2.80 bits per heavy atom. The molecule has 0 spiro atoms. The van der Waals surface area contributed by atoms with E-state index in [9.17, 15) is 0 Å². The van der Waals surface area contributed by atoms with E-state index >= 15 is 0 Å². The molecule has 2 heterocycles. The third-order valence-corrected chi connectivity index (χ3v) is 2.70. The van der Waals surface area contributed by atoms with Gasteiger partial charge in [-0.25, -0.2) is 9.66 Å².